The number of nitrogens with zero attached hydrogens (tertiary/aromatic N) is 1. The van der Waals surface area contributed by atoms with Crippen molar-refractivity contribution in [3.05, 3.63) is 70.1 Å². The summed E-state index contributed by atoms with van der Waals surface area (Å²) in [5.41, 5.74) is 1.69. The molecule has 3 aromatic rings. The third-order valence-corrected chi connectivity index (χ3v) is 4.38. The zero-order valence-electron chi connectivity index (χ0n) is 13.9. The average Bonchev–Trinajstić information content (AvgIpc) is 2.97. The van der Waals surface area contributed by atoms with E-state index in [-0.39, 0.29) is 18.1 Å². The molecule has 3 rings (SSSR count). The first-order valence-corrected chi connectivity index (χ1v) is 8.35. The van der Waals surface area contributed by atoms with Crippen LogP contribution in [0.25, 0.3) is 10.9 Å². The van der Waals surface area contributed by atoms with Crippen molar-refractivity contribution in [1.82, 2.24) is 4.57 Å². The normalized spacial score (nSPS) is 11.0. The summed E-state index contributed by atoms with van der Waals surface area (Å²) >= 11 is 3.37. The molecular formula is C18H12BrF4NO4. The van der Waals surface area contributed by atoms with Gasteiger partial charge in [-0.1, -0.05) is 34.1 Å². The summed E-state index contributed by atoms with van der Waals surface area (Å²) in [5, 5.41) is 17.3. The number of aliphatic carboxylic acids is 1. The smallest absolute Gasteiger partial charge is 0.477 e. The number of rotatable bonds is 3. The Balaban J connectivity index is 0.000000345. The number of hydrogen-bond acceptors (Lipinski definition) is 2. The number of aromatic carboxylic acids is 1. The molecule has 2 aromatic carbocycles. The van der Waals surface area contributed by atoms with E-state index in [0.717, 1.165) is 15.4 Å². The van der Waals surface area contributed by atoms with Gasteiger partial charge in [0.05, 0.1) is 0 Å². The topological polar surface area (TPSA) is 79.5 Å². The summed E-state index contributed by atoms with van der Waals surface area (Å²) in [4.78, 5) is 20.3. The molecule has 0 unspecified atom stereocenters. The van der Waals surface area contributed by atoms with Gasteiger partial charge in [0.2, 0.25) is 0 Å². The number of alkyl halides is 3. The lowest BCUT2D eigenvalue weighted by molar-refractivity contribution is -0.192. The fourth-order valence-corrected chi connectivity index (χ4v) is 2.76. The summed E-state index contributed by atoms with van der Waals surface area (Å²) in [6.45, 7) is 0.285. The molecule has 0 spiro atoms. The second-order valence-corrected chi connectivity index (χ2v) is 6.37. The molecule has 0 saturated heterocycles. The van der Waals surface area contributed by atoms with Crippen molar-refractivity contribution < 1.29 is 37.4 Å². The number of aromatic nitrogens is 1. The van der Waals surface area contributed by atoms with E-state index in [0.29, 0.717) is 5.56 Å². The number of carboxylic acids is 2. The predicted molar refractivity (Wildman–Crippen MR) is 95.8 cm³/mol. The van der Waals surface area contributed by atoms with E-state index in [1.807, 2.05) is 24.3 Å². The van der Waals surface area contributed by atoms with Gasteiger partial charge in [0.1, 0.15) is 11.5 Å². The molecule has 28 heavy (non-hydrogen) atoms. The SMILES string of the molecule is O=C(O)C(F)(F)F.O=C(O)c1cc2ccccc2n1Cc1cc(F)ccc1Br. The fourth-order valence-electron chi connectivity index (χ4n) is 2.39. The minimum Gasteiger partial charge on any atom is -0.477 e. The number of carboxylic acid groups (broad SMARTS) is 2. The molecular weight excluding hydrogens is 450 g/mol. The van der Waals surface area contributed by atoms with Crippen LogP contribution in [0.3, 0.4) is 0 Å². The van der Waals surface area contributed by atoms with Gasteiger partial charge in [-0.15, -0.1) is 0 Å². The van der Waals surface area contributed by atoms with E-state index >= 15 is 0 Å². The molecule has 148 valence electrons. The molecule has 0 atom stereocenters. The Hall–Kier alpha value is -2.88. The van der Waals surface area contributed by atoms with Gasteiger partial charge in [-0.3, -0.25) is 0 Å². The van der Waals surface area contributed by atoms with Gasteiger partial charge < -0.3 is 14.8 Å². The maximum absolute atomic E-state index is 13.4. The van der Waals surface area contributed by atoms with Crippen molar-refractivity contribution in [2.45, 2.75) is 12.7 Å². The molecule has 0 radical (unpaired) electrons. The summed E-state index contributed by atoms with van der Waals surface area (Å²) < 4.78 is 47.6. The highest BCUT2D eigenvalue weighted by molar-refractivity contribution is 9.10. The van der Waals surface area contributed by atoms with E-state index in [9.17, 15) is 27.5 Å². The lowest BCUT2D eigenvalue weighted by Crippen LogP contribution is -2.21. The van der Waals surface area contributed by atoms with E-state index in [4.69, 9.17) is 9.90 Å². The molecule has 0 amide bonds. The van der Waals surface area contributed by atoms with Gasteiger partial charge in [-0.2, -0.15) is 13.2 Å². The maximum Gasteiger partial charge on any atom is 0.490 e. The summed E-state index contributed by atoms with van der Waals surface area (Å²) in [7, 11) is 0. The third-order valence-electron chi connectivity index (χ3n) is 3.61. The number of para-hydroxylation sites is 1. The molecule has 0 saturated carbocycles. The van der Waals surface area contributed by atoms with E-state index in [2.05, 4.69) is 15.9 Å². The Morgan fingerprint density at radius 1 is 1.04 bits per heavy atom. The van der Waals surface area contributed by atoms with Gasteiger partial charge in [0, 0.05) is 21.9 Å². The van der Waals surface area contributed by atoms with E-state index < -0.39 is 18.1 Å². The second-order valence-electron chi connectivity index (χ2n) is 5.52. The number of carbonyl (C=O) groups is 2. The second kappa shape index (κ2) is 8.42. The number of benzene rings is 2. The predicted octanol–water partition coefficient (Wildman–Crippen LogP) is 4.92. The summed E-state index contributed by atoms with van der Waals surface area (Å²) in [5.74, 6) is -4.10. The summed E-state index contributed by atoms with van der Waals surface area (Å²) in [6, 6.07) is 13.4. The first-order chi connectivity index (χ1) is 13.0. The minimum atomic E-state index is -5.08. The molecule has 0 bridgehead atoms. The zero-order valence-corrected chi connectivity index (χ0v) is 15.5. The molecule has 0 aliphatic rings. The van der Waals surface area contributed by atoms with Crippen LogP contribution in [0.15, 0.2) is 53.0 Å². The fraction of sp³-hybridized carbons (Fsp3) is 0.111. The van der Waals surface area contributed by atoms with Gasteiger partial charge in [-0.05, 0) is 35.9 Å². The van der Waals surface area contributed by atoms with Crippen molar-refractivity contribution in [2.75, 3.05) is 0 Å². The minimum absolute atomic E-state index is 0.187. The van der Waals surface area contributed by atoms with Crippen molar-refractivity contribution in [3.63, 3.8) is 0 Å². The van der Waals surface area contributed by atoms with Gasteiger partial charge in [0.15, 0.2) is 0 Å². The summed E-state index contributed by atoms with van der Waals surface area (Å²) in [6.07, 6.45) is -5.08. The van der Waals surface area contributed by atoms with Crippen molar-refractivity contribution in [3.8, 4) is 0 Å². The standard InChI is InChI=1S/C16H11BrFNO2.C2HF3O2/c17-13-6-5-12(18)7-11(13)9-19-14-4-2-1-3-10(14)8-15(19)16(20)21;3-2(4,5)1(6)7/h1-8H,9H2,(H,20,21);(H,6,7). The molecule has 1 heterocycles. The molecule has 2 N–H and O–H groups in total. The van der Waals surface area contributed by atoms with Crippen LogP contribution in [0.2, 0.25) is 0 Å². The number of halogens is 5. The Kier molecular flexibility index (Phi) is 6.45. The monoisotopic (exact) mass is 461 g/mol. The molecule has 5 nitrogen and oxygen atoms in total. The Morgan fingerprint density at radius 3 is 2.21 bits per heavy atom. The van der Waals surface area contributed by atoms with Crippen LogP contribution >= 0.6 is 15.9 Å². The highest BCUT2D eigenvalue weighted by Gasteiger charge is 2.38. The van der Waals surface area contributed by atoms with E-state index in [1.54, 1.807) is 16.7 Å². The lowest BCUT2D eigenvalue weighted by Gasteiger charge is -2.10. The van der Waals surface area contributed by atoms with Crippen LogP contribution in [-0.2, 0) is 11.3 Å². The quantitative estimate of drug-likeness (QED) is 0.542. The number of fused-ring (bicyclic) bond motifs is 1. The van der Waals surface area contributed by atoms with Crippen LogP contribution in [0, 0.1) is 5.82 Å². The van der Waals surface area contributed by atoms with Crippen molar-refractivity contribution >= 4 is 38.8 Å². The highest BCUT2D eigenvalue weighted by atomic mass is 79.9. The van der Waals surface area contributed by atoms with Crippen molar-refractivity contribution in [1.29, 1.82) is 0 Å². The molecule has 0 fully saturated rings. The molecule has 0 aliphatic heterocycles. The molecule has 1 aromatic heterocycles. The Morgan fingerprint density at radius 2 is 1.64 bits per heavy atom. The maximum atomic E-state index is 13.4. The number of hydrogen-bond donors (Lipinski definition) is 2. The highest BCUT2D eigenvalue weighted by Crippen LogP contribution is 2.25. The average molecular weight is 462 g/mol. The Labute approximate surface area is 163 Å². The van der Waals surface area contributed by atoms with Crippen LogP contribution in [0.4, 0.5) is 17.6 Å². The van der Waals surface area contributed by atoms with Crippen LogP contribution in [0.1, 0.15) is 16.1 Å². The zero-order chi connectivity index (χ0) is 21.1. The van der Waals surface area contributed by atoms with Crippen LogP contribution in [0.5, 0.6) is 0 Å². The Bertz CT molecular complexity index is 1030. The van der Waals surface area contributed by atoms with Gasteiger partial charge in [-0.25, -0.2) is 14.0 Å². The lowest BCUT2D eigenvalue weighted by atomic mass is 10.2. The first-order valence-electron chi connectivity index (χ1n) is 7.56. The van der Waals surface area contributed by atoms with E-state index in [1.165, 1.54) is 12.1 Å². The molecule has 0 aliphatic carbocycles. The third kappa shape index (κ3) is 5.10. The van der Waals surface area contributed by atoms with Crippen molar-refractivity contribution in [2.24, 2.45) is 0 Å². The largest absolute Gasteiger partial charge is 0.490 e. The van der Waals surface area contributed by atoms with Crippen LogP contribution < -0.4 is 0 Å². The molecule has 10 heteroatoms. The van der Waals surface area contributed by atoms with Gasteiger partial charge >= 0.3 is 18.1 Å². The first kappa shape index (κ1) is 21.4. The van der Waals surface area contributed by atoms with Crippen LogP contribution in [-0.4, -0.2) is 32.9 Å². The van der Waals surface area contributed by atoms with Gasteiger partial charge in [0.25, 0.3) is 0 Å².